The van der Waals surface area contributed by atoms with E-state index in [0.29, 0.717) is 23.9 Å². The SMILES string of the molecule is CC1(C)C[C@H]2[C@H](O)[C+]3CO[C@@H](O)[C@]34C[C@]4(C)[C@H]2C1.[Cl-]. The molecule has 0 aromatic carbocycles. The predicted molar refractivity (Wildman–Crippen MR) is 66.4 cm³/mol. The fraction of sp³-hybridized carbons (Fsp3) is 0.933. The van der Waals surface area contributed by atoms with E-state index in [1.807, 2.05) is 0 Å². The van der Waals surface area contributed by atoms with Gasteiger partial charge in [-0.05, 0) is 24.2 Å². The first kappa shape index (κ1) is 14.0. The molecule has 6 atom stereocenters. The second kappa shape index (κ2) is 3.62. The zero-order valence-corrected chi connectivity index (χ0v) is 12.6. The van der Waals surface area contributed by atoms with Crippen LogP contribution in [0.4, 0.5) is 0 Å². The fourth-order valence-corrected chi connectivity index (χ4v) is 5.69. The van der Waals surface area contributed by atoms with Crippen LogP contribution in [0.3, 0.4) is 0 Å². The van der Waals surface area contributed by atoms with Crippen LogP contribution in [0.1, 0.15) is 40.0 Å². The monoisotopic (exact) mass is 286 g/mol. The van der Waals surface area contributed by atoms with E-state index in [0.717, 1.165) is 18.8 Å². The van der Waals surface area contributed by atoms with Gasteiger partial charge >= 0.3 is 0 Å². The van der Waals surface area contributed by atoms with E-state index in [2.05, 4.69) is 20.8 Å². The van der Waals surface area contributed by atoms with Crippen molar-refractivity contribution in [3.63, 3.8) is 0 Å². The van der Waals surface area contributed by atoms with Crippen molar-refractivity contribution in [2.24, 2.45) is 28.1 Å². The summed E-state index contributed by atoms with van der Waals surface area (Å²) in [4.78, 5) is 0. The number of fused-ring (bicyclic) bond motifs is 2. The van der Waals surface area contributed by atoms with Crippen molar-refractivity contribution in [2.75, 3.05) is 6.61 Å². The lowest BCUT2D eigenvalue weighted by atomic mass is 9.63. The first-order chi connectivity index (χ1) is 8.32. The van der Waals surface area contributed by atoms with Crippen LogP contribution < -0.4 is 12.4 Å². The van der Waals surface area contributed by atoms with Gasteiger partial charge in [0.15, 0.2) is 17.9 Å². The van der Waals surface area contributed by atoms with E-state index in [9.17, 15) is 10.2 Å². The van der Waals surface area contributed by atoms with Crippen LogP contribution in [-0.4, -0.2) is 29.2 Å². The Kier molecular flexibility index (Phi) is 2.67. The number of aliphatic hydroxyl groups is 2. The van der Waals surface area contributed by atoms with Crippen molar-refractivity contribution in [2.45, 2.75) is 52.4 Å². The van der Waals surface area contributed by atoms with Crippen LogP contribution >= 0.6 is 0 Å². The van der Waals surface area contributed by atoms with E-state index in [1.54, 1.807) is 0 Å². The number of hydrogen-bond acceptors (Lipinski definition) is 3. The fourth-order valence-electron chi connectivity index (χ4n) is 5.69. The predicted octanol–water partition coefficient (Wildman–Crippen LogP) is -1.26. The highest BCUT2D eigenvalue weighted by Gasteiger charge is 2.89. The molecule has 3 nitrogen and oxygen atoms in total. The minimum atomic E-state index is -0.684. The molecule has 1 spiro atoms. The number of aliphatic hydroxyl groups excluding tert-OH is 2. The quantitative estimate of drug-likeness (QED) is 0.547. The lowest BCUT2D eigenvalue weighted by Crippen LogP contribution is -3.00. The van der Waals surface area contributed by atoms with Gasteiger partial charge in [0.25, 0.3) is 0 Å². The Morgan fingerprint density at radius 3 is 2.53 bits per heavy atom. The molecule has 0 radical (unpaired) electrons. The van der Waals surface area contributed by atoms with Gasteiger partial charge < -0.3 is 27.4 Å². The molecule has 0 bridgehead atoms. The van der Waals surface area contributed by atoms with Crippen LogP contribution in [0, 0.1) is 34.0 Å². The van der Waals surface area contributed by atoms with Crippen molar-refractivity contribution < 1.29 is 27.4 Å². The average Bonchev–Trinajstić information content (AvgIpc) is 2.59. The molecule has 0 unspecified atom stereocenters. The molecular weight excluding hydrogens is 264 g/mol. The van der Waals surface area contributed by atoms with E-state index in [1.165, 1.54) is 6.42 Å². The summed E-state index contributed by atoms with van der Waals surface area (Å²) in [5.74, 6) is 2.02. The van der Waals surface area contributed by atoms with Crippen LogP contribution in [-0.2, 0) is 4.74 Å². The molecule has 0 amide bonds. The second-order valence-electron chi connectivity index (χ2n) is 8.04. The van der Waals surface area contributed by atoms with Gasteiger partial charge in [-0.1, -0.05) is 20.8 Å². The Morgan fingerprint density at radius 2 is 1.84 bits per heavy atom. The Balaban J connectivity index is 0.00000110. The molecule has 108 valence electrons. The summed E-state index contributed by atoms with van der Waals surface area (Å²) in [7, 11) is 0. The van der Waals surface area contributed by atoms with E-state index in [4.69, 9.17) is 4.74 Å². The first-order valence-electron chi connectivity index (χ1n) is 7.16. The zero-order chi connectivity index (χ0) is 12.9. The summed E-state index contributed by atoms with van der Waals surface area (Å²) in [5, 5.41) is 20.9. The number of rotatable bonds is 0. The summed E-state index contributed by atoms with van der Waals surface area (Å²) in [6.45, 7) is 7.38. The third-order valence-electron chi connectivity index (χ3n) is 6.59. The number of halogens is 1. The highest BCUT2D eigenvalue weighted by Crippen LogP contribution is 2.82. The summed E-state index contributed by atoms with van der Waals surface area (Å²) in [6, 6.07) is 0. The second-order valence-corrected chi connectivity index (χ2v) is 8.04. The van der Waals surface area contributed by atoms with Gasteiger partial charge in [0.1, 0.15) is 0 Å². The Hall–Kier alpha value is 0.0400. The van der Waals surface area contributed by atoms with Gasteiger partial charge in [0.05, 0.1) is 0 Å². The minimum Gasteiger partial charge on any atom is -1.00 e. The maximum absolute atomic E-state index is 10.7. The molecule has 4 fully saturated rings. The van der Waals surface area contributed by atoms with Gasteiger partial charge in [0, 0.05) is 17.8 Å². The zero-order valence-electron chi connectivity index (χ0n) is 11.8. The lowest BCUT2D eigenvalue weighted by molar-refractivity contribution is -0.108. The van der Waals surface area contributed by atoms with Crippen molar-refractivity contribution in [1.29, 1.82) is 0 Å². The smallest absolute Gasteiger partial charge is 0.206 e. The van der Waals surface area contributed by atoms with Gasteiger partial charge in [-0.3, -0.25) is 0 Å². The van der Waals surface area contributed by atoms with Crippen LogP contribution in [0.2, 0.25) is 0 Å². The van der Waals surface area contributed by atoms with Crippen molar-refractivity contribution in [3.05, 3.63) is 5.92 Å². The summed E-state index contributed by atoms with van der Waals surface area (Å²) in [5.41, 5.74) is 0.276. The van der Waals surface area contributed by atoms with Gasteiger partial charge in [-0.15, -0.1) is 0 Å². The Morgan fingerprint density at radius 1 is 1.16 bits per heavy atom. The Labute approximate surface area is 121 Å². The molecule has 1 heterocycles. The van der Waals surface area contributed by atoms with Crippen molar-refractivity contribution in [3.8, 4) is 0 Å². The topological polar surface area (TPSA) is 49.7 Å². The van der Waals surface area contributed by atoms with Gasteiger partial charge in [-0.2, -0.15) is 0 Å². The molecule has 2 N–H and O–H groups in total. The molecule has 1 saturated heterocycles. The van der Waals surface area contributed by atoms with Gasteiger partial charge in [0.2, 0.25) is 12.4 Å². The van der Waals surface area contributed by atoms with E-state index >= 15 is 0 Å². The lowest BCUT2D eigenvalue weighted by Gasteiger charge is -2.36. The molecule has 19 heavy (non-hydrogen) atoms. The third kappa shape index (κ3) is 1.38. The van der Waals surface area contributed by atoms with Gasteiger partial charge in [-0.25, -0.2) is 0 Å². The van der Waals surface area contributed by atoms with E-state index in [-0.39, 0.29) is 29.3 Å². The highest BCUT2D eigenvalue weighted by atomic mass is 35.5. The van der Waals surface area contributed by atoms with Crippen LogP contribution in [0.5, 0.6) is 0 Å². The minimum absolute atomic E-state index is 0. The third-order valence-corrected chi connectivity index (χ3v) is 6.59. The molecule has 3 aliphatic carbocycles. The maximum atomic E-state index is 10.7. The normalized spacial score (nSPS) is 57.0. The summed E-state index contributed by atoms with van der Waals surface area (Å²) < 4.78 is 5.46. The molecular formula is C15H23ClO3. The van der Waals surface area contributed by atoms with Crippen LogP contribution in [0.25, 0.3) is 0 Å². The molecule has 4 rings (SSSR count). The molecule has 3 saturated carbocycles. The highest BCUT2D eigenvalue weighted by molar-refractivity contribution is 5.38. The van der Waals surface area contributed by atoms with Crippen molar-refractivity contribution in [1.82, 2.24) is 0 Å². The Bertz CT molecular complexity index is 412. The molecule has 4 aliphatic rings. The molecule has 1 aliphatic heterocycles. The summed E-state index contributed by atoms with van der Waals surface area (Å²) >= 11 is 0. The van der Waals surface area contributed by atoms with Crippen LogP contribution in [0.15, 0.2) is 0 Å². The summed E-state index contributed by atoms with van der Waals surface area (Å²) in [6.07, 6.45) is 2.24. The number of hydrogen-bond donors (Lipinski definition) is 2. The van der Waals surface area contributed by atoms with E-state index < -0.39 is 6.29 Å². The van der Waals surface area contributed by atoms with Crippen molar-refractivity contribution >= 4 is 0 Å². The first-order valence-corrected chi connectivity index (χ1v) is 7.16. The molecule has 4 heteroatoms. The standard InChI is InChI=1S/C15H23O3.ClH/c1-13(2)4-8-9(5-13)14(3)7-15(14)10(11(8)16)6-18-12(15)17;/h8-9,11-12,16-17H,4-7H2,1-3H3;1H/q+1;/p-1/t8-,9+,11+,12-,14-,15+;/m1./s1. The largest absolute Gasteiger partial charge is 1.00 e. The maximum Gasteiger partial charge on any atom is 0.206 e. The number of ether oxygens (including phenoxy) is 1. The molecule has 0 aromatic rings. The molecule has 0 aromatic heterocycles. The average molecular weight is 287 g/mol.